The maximum absolute atomic E-state index is 10.7. The van der Waals surface area contributed by atoms with Crippen molar-refractivity contribution in [2.24, 2.45) is 0 Å². The molecule has 0 spiro atoms. The van der Waals surface area contributed by atoms with Crippen LogP contribution in [0.1, 0.15) is 25.7 Å². The van der Waals surface area contributed by atoms with Crippen molar-refractivity contribution in [3.63, 3.8) is 0 Å². The third kappa shape index (κ3) is 2.47. The van der Waals surface area contributed by atoms with Gasteiger partial charge >= 0.3 is 0 Å². The van der Waals surface area contributed by atoms with Gasteiger partial charge in [-0.1, -0.05) is 11.6 Å². The van der Waals surface area contributed by atoms with Crippen LogP contribution < -0.4 is 4.74 Å². The molecule has 2 saturated heterocycles. The van der Waals surface area contributed by atoms with Crippen molar-refractivity contribution in [1.82, 2.24) is 4.90 Å². The van der Waals surface area contributed by atoms with E-state index in [1.165, 1.54) is 25.0 Å². The number of hydrogen-bond donors (Lipinski definition) is 0. The number of fused-ring (bicyclic) bond motifs is 2. The molecular weight excluding hydrogens is 280 g/mol. The van der Waals surface area contributed by atoms with E-state index in [4.69, 9.17) is 16.3 Å². The van der Waals surface area contributed by atoms with Crippen LogP contribution in [0.5, 0.6) is 5.75 Å². The topological polar surface area (TPSA) is 55.6 Å². The molecule has 2 aliphatic heterocycles. The zero-order valence-electron chi connectivity index (χ0n) is 11.3. The van der Waals surface area contributed by atoms with E-state index in [0.717, 1.165) is 12.8 Å². The second-order valence-electron chi connectivity index (χ2n) is 5.63. The van der Waals surface area contributed by atoms with Crippen molar-refractivity contribution < 1.29 is 9.66 Å². The summed E-state index contributed by atoms with van der Waals surface area (Å²) in [5.74, 6) is 0.547. The Bertz CT molecular complexity index is 523. The van der Waals surface area contributed by atoms with Crippen LogP contribution in [0.3, 0.4) is 0 Å². The molecule has 2 unspecified atom stereocenters. The van der Waals surface area contributed by atoms with Gasteiger partial charge in [0.25, 0.3) is 5.69 Å². The SMILES string of the molecule is CN1C2CC[C@@H]1CC(Oc1ccc([N+](=O)[O-])cc1Cl)C2. The molecular formula is C14H17ClN2O3. The largest absolute Gasteiger partial charge is 0.489 e. The maximum atomic E-state index is 10.7. The Morgan fingerprint density at radius 3 is 2.55 bits per heavy atom. The maximum Gasteiger partial charge on any atom is 0.271 e. The molecule has 2 bridgehead atoms. The number of nitrogens with zero attached hydrogens (tertiary/aromatic N) is 2. The van der Waals surface area contributed by atoms with Gasteiger partial charge in [0.05, 0.1) is 9.95 Å². The lowest BCUT2D eigenvalue weighted by Gasteiger charge is -2.36. The van der Waals surface area contributed by atoms with E-state index in [2.05, 4.69) is 11.9 Å². The van der Waals surface area contributed by atoms with Crippen LogP contribution in [0.15, 0.2) is 18.2 Å². The third-order valence-electron chi connectivity index (χ3n) is 4.47. The average Bonchev–Trinajstić information content (AvgIpc) is 2.64. The predicted molar refractivity (Wildman–Crippen MR) is 76.3 cm³/mol. The predicted octanol–water partition coefficient (Wildman–Crippen LogP) is 3.25. The molecule has 2 aliphatic rings. The Morgan fingerprint density at radius 1 is 1.35 bits per heavy atom. The summed E-state index contributed by atoms with van der Waals surface area (Å²) in [4.78, 5) is 12.7. The van der Waals surface area contributed by atoms with Gasteiger partial charge in [-0.3, -0.25) is 10.1 Å². The Hall–Kier alpha value is -1.33. The molecule has 20 heavy (non-hydrogen) atoms. The van der Waals surface area contributed by atoms with E-state index in [-0.39, 0.29) is 11.8 Å². The molecule has 0 amide bonds. The molecule has 0 N–H and O–H groups in total. The molecule has 2 fully saturated rings. The summed E-state index contributed by atoms with van der Waals surface area (Å²) in [5, 5.41) is 11.0. The van der Waals surface area contributed by atoms with Gasteiger partial charge in [-0.05, 0) is 38.8 Å². The summed E-state index contributed by atoms with van der Waals surface area (Å²) in [6.07, 6.45) is 4.62. The van der Waals surface area contributed by atoms with Gasteiger partial charge in [0, 0.05) is 24.2 Å². The van der Waals surface area contributed by atoms with Crippen LogP contribution >= 0.6 is 11.6 Å². The standard InChI is InChI=1S/C14H17ClN2O3/c1-16-9-2-3-10(16)7-12(6-9)20-14-5-4-11(17(18)19)8-13(14)15/h4-5,8-10,12H,2-3,6-7H2,1H3/t9-,10?,12?/m1/s1. The van der Waals surface area contributed by atoms with E-state index >= 15 is 0 Å². The fraction of sp³-hybridized carbons (Fsp3) is 0.571. The van der Waals surface area contributed by atoms with E-state index < -0.39 is 4.92 Å². The highest BCUT2D eigenvalue weighted by atomic mass is 35.5. The molecule has 6 heteroatoms. The lowest BCUT2D eigenvalue weighted by atomic mass is 10.0. The van der Waals surface area contributed by atoms with Crippen molar-refractivity contribution in [2.75, 3.05) is 7.05 Å². The van der Waals surface area contributed by atoms with Crippen molar-refractivity contribution in [3.05, 3.63) is 33.3 Å². The van der Waals surface area contributed by atoms with Gasteiger partial charge in [-0.2, -0.15) is 0 Å². The second-order valence-corrected chi connectivity index (χ2v) is 6.04. The molecule has 1 aromatic carbocycles. The number of ether oxygens (including phenoxy) is 1. The van der Waals surface area contributed by atoms with Crippen LogP contribution in [0.4, 0.5) is 5.69 Å². The first-order valence-electron chi connectivity index (χ1n) is 6.87. The summed E-state index contributed by atoms with van der Waals surface area (Å²) in [5.41, 5.74) is -0.00852. The lowest BCUT2D eigenvalue weighted by Crippen LogP contribution is -2.43. The smallest absolute Gasteiger partial charge is 0.271 e. The Labute approximate surface area is 122 Å². The summed E-state index contributed by atoms with van der Waals surface area (Å²) >= 11 is 6.07. The van der Waals surface area contributed by atoms with Crippen LogP contribution in [0.25, 0.3) is 0 Å². The Kier molecular flexibility index (Phi) is 3.56. The number of non-ortho nitro benzene ring substituents is 1. The molecule has 108 valence electrons. The lowest BCUT2D eigenvalue weighted by molar-refractivity contribution is -0.384. The number of nitro groups is 1. The van der Waals surface area contributed by atoms with E-state index in [9.17, 15) is 10.1 Å². The van der Waals surface area contributed by atoms with Crippen LogP contribution in [-0.4, -0.2) is 35.1 Å². The number of benzene rings is 1. The first kappa shape index (κ1) is 13.6. The van der Waals surface area contributed by atoms with Crippen LogP contribution in [-0.2, 0) is 0 Å². The monoisotopic (exact) mass is 296 g/mol. The zero-order valence-corrected chi connectivity index (χ0v) is 12.0. The van der Waals surface area contributed by atoms with Gasteiger partial charge in [-0.15, -0.1) is 0 Å². The highest BCUT2D eigenvalue weighted by Gasteiger charge is 2.39. The first-order chi connectivity index (χ1) is 9.54. The average molecular weight is 297 g/mol. The quantitative estimate of drug-likeness (QED) is 0.634. The molecule has 1 aromatic rings. The van der Waals surface area contributed by atoms with Gasteiger partial charge in [0.15, 0.2) is 0 Å². The minimum Gasteiger partial charge on any atom is -0.489 e. The second kappa shape index (κ2) is 5.22. The molecule has 0 saturated carbocycles. The molecule has 2 heterocycles. The summed E-state index contributed by atoms with van der Waals surface area (Å²) < 4.78 is 5.97. The molecule has 0 aromatic heterocycles. The number of halogens is 1. The molecule has 3 rings (SSSR count). The molecule has 0 radical (unpaired) electrons. The number of piperidine rings is 1. The Morgan fingerprint density at radius 2 is 2.00 bits per heavy atom. The Balaban J connectivity index is 1.71. The molecule has 5 nitrogen and oxygen atoms in total. The van der Waals surface area contributed by atoms with Gasteiger partial charge < -0.3 is 9.64 Å². The number of nitro benzene ring substituents is 1. The van der Waals surface area contributed by atoms with Gasteiger partial charge in [0.1, 0.15) is 11.9 Å². The highest BCUT2D eigenvalue weighted by Crippen LogP contribution is 2.37. The minimum atomic E-state index is -0.453. The minimum absolute atomic E-state index is 0.00852. The fourth-order valence-corrected chi connectivity index (χ4v) is 3.56. The summed E-state index contributed by atoms with van der Waals surface area (Å²) in [6.45, 7) is 0. The van der Waals surface area contributed by atoms with Gasteiger partial charge in [0.2, 0.25) is 0 Å². The number of rotatable bonds is 3. The molecule has 0 aliphatic carbocycles. The normalized spacial score (nSPS) is 29.4. The van der Waals surface area contributed by atoms with Crippen molar-refractivity contribution in [2.45, 2.75) is 43.9 Å². The van der Waals surface area contributed by atoms with E-state index in [1.807, 2.05) is 0 Å². The van der Waals surface area contributed by atoms with Crippen LogP contribution in [0, 0.1) is 10.1 Å². The summed E-state index contributed by atoms with van der Waals surface area (Å²) in [7, 11) is 2.18. The van der Waals surface area contributed by atoms with Crippen molar-refractivity contribution in [3.8, 4) is 5.75 Å². The van der Waals surface area contributed by atoms with Crippen molar-refractivity contribution in [1.29, 1.82) is 0 Å². The summed E-state index contributed by atoms with van der Waals surface area (Å²) in [6, 6.07) is 5.57. The first-order valence-corrected chi connectivity index (χ1v) is 7.25. The highest BCUT2D eigenvalue weighted by molar-refractivity contribution is 6.32. The van der Waals surface area contributed by atoms with Crippen LogP contribution in [0.2, 0.25) is 5.02 Å². The third-order valence-corrected chi connectivity index (χ3v) is 4.77. The fourth-order valence-electron chi connectivity index (χ4n) is 3.34. The zero-order chi connectivity index (χ0) is 14.3. The van der Waals surface area contributed by atoms with E-state index in [0.29, 0.717) is 22.9 Å². The number of hydrogen-bond acceptors (Lipinski definition) is 4. The van der Waals surface area contributed by atoms with E-state index in [1.54, 1.807) is 6.07 Å². The van der Waals surface area contributed by atoms with Gasteiger partial charge in [-0.25, -0.2) is 0 Å². The molecule has 3 atom stereocenters. The van der Waals surface area contributed by atoms with Crippen molar-refractivity contribution >= 4 is 17.3 Å².